The van der Waals surface area contributed by atoms with Crippen molar-refractivity contribution in [3.8, 4) is 11.5 Å². The molecular formula is C16H12ClNO7. The van der Waals surface area contributed by atoms with Crippen molar-refractivity contribution in [2.45, 2.75) is 0 Å². The second-order valence-electron chi connectivity index (χ2n) is 4.70. The number of rotatable bonds is 5. The van der Waals surface area contributed by atoms with Gasteiger partial charge in [-0.25, -0.2) is 9.59 Å². The van der Waals surface area contributed by atoms with Gasteiger partial charge < -0.3 is 14.2 Å². The Hall–Kier alpha value is -3.13. The molecular weight excluding hydrogens is 354 g/mol. The van der Waals surface area contributed by atoms with Crippen LogP contribution in [0.4, 0.5) is 5.69 Å². The summed E-state index contributed by atoms with van der Waals surface area (Å²) in [6.07, 6.45) is 0. The van der Waals surface area contributed by atoms with Crippen molar-refractivity contribution in [2.75, 3.05) is 14.2 Å². The highest BCUT2D eigenvalue weighted by Gasteiger charge is 2.16. The number of nitro benzene ring substituents is 1. The molecule has 0 aliphatic heterocycles. The Bertz CT molecular complexity index is 816. The standard InChI is InChI=1S/C16H12ClNO7/c1-23-15(19)9-5-10(16(20)24-2)7-12(6-9)25-14-4-3-11(18(21)22)8-13(14)17/h3-8H,1-2H3. The number of halogens is 1. The Morgan fingerprint density at radius 2 is 1.56 bits per heavy atom. The maximum Gasteiger partial charge on any atom is 0.338 e. The van der Waals surface area contributed by atoms with Gasteiger partial charge >= 0.3 is 11.9 Å². The zero-order chi connectivity index (χ0) is 18.6. The highest BCUT2D eigenvalue weighted by atomic mass is 35.5. The Morgan fingerprint density at radius 1 is 1.00 bits per heavy atom. The van der Waals surface area contributed by atoms with E-state index < -0.39 is 16.9 Å². The molecule has 25 heavy (non-hydrogen) atoms. The SMILES string of the molecule is COC(=O)c1cc(Oc2ccc([N+](=O)[O-])cc2Cl)cc(C(=O)OC)c1. The molecule has 0 fully saturated rings. The van der Waals surface area contributed by atoms with Crippen molar-refractivity contribution in [1.29, 1.82) is 0 Å². The van der Waals surface area contributed by atoms with Crippen LogP contribution in [0, 0.1) is 10.1 Å². The predicted molar refractivity (Wildman–Crippen MR) is 87.3 cm³/mol. The Kier molecular flexibility index (Phi) is 5.56. The van der Waals surface area contributed by atoms with E-state index in [9.17, 15) is 19.7 Å². The minimum Gasteiger partial charge on any atom is -0.465 e. The van der Waals surface area contributed by atoms with Crippen LogP contribution in [-0.2, 0) is 9.47 Å². The van der Waals surface area contributed by atoms with Gasteiger partial charge in [0.2, 0.25) is 0 Å². The van der Waals surface area contributed by atoms with Gasteiger partial charge in [-0.3, -0.25) is 10.1 Å². The average molecular weight is 366 g/mol. The van der Waals surface area contributed by atoms with Crippen LogP contribution in [0.3, 0.4) is 0 Å². The lowest BCUT2D eigenvalue weighted by molar-refractivity contribution is -0.384. The molecule has 0 N–H and O–H groups in total. The van der Waals surface area contributed by atoms with E-state index in [0.29, 0.717) is 0 Å². The van der Waals surface area contributed by atoms with Crippen molar-refractivity contribution in [3.63, 3.8) is 0 Å². The van der Waals surface area contributed by atoms with Crippen LogP contribution in [0.2, 0.25) is 5.02 Å². The van der Waals surface area contributed by atoms with E-state index in [0.717, 1.165) is 6.07 Å². The first-order chi connectivity index (χ1) is 11.8. The zero-order valence-electron chi connectivity index (χ0n) is 13.1. The summed E-state index contributed by atoms with van der Waals surface area (Å²) in [4.78, 5) is 33.6. The summed E-state index contributed by atoms with van der Waals surface area (Å²) < 4.78 is 14.8. The number of benzene rings is 2. The summed E-state index contributed by atoms with van der Waals surface area (Å²) >= 11 is 5.97. The van der Waals surface area contributed by atoms with Crippen LogP contribution in [0.5, 0.6) is 11.5 Å². The molecule has 0 atom stereocenters. The monoisotopic (exact) mass is 365 g/mol. The second kappa shape index (κ2) is 7.63. The summed E-state index contributed by atoms with van der Waals surface area (Å²) in [6.45, 7) is 0. The summed E-state index contributed by atoms with van der Waals surface area (Å²) in [5.41, 5.74) is -0.0622. The van der Waals surface area contributed by atoms with Crippen LogP contribution >= 0.6 is 11.6 Å². The van der Waals surface area contributed by atoms with Crippen molar-refractivity contribution in [1.82, 2.24) is 0 Å². The number of non-ortho nitro benzene ring substituents is 1. The highest BCUT2D eigenvalue weighted by molar-refractivity contribution is 6.32. The van der Waals surface area contributed by atoms with Gasteiger partial charge in [0.25, 0.3) is 5.69 Å². The Balaban J connectivity index is 2.43. The summed E-state index contributed by atoms with van der Waals surface area (Å²) in [5, 5.41) is 10.7. The third kappa shape index (κ3) is 4.24. The molecule has 0 spiro atoms. The second-order valence-corrected chi connectivity index (χ2v) is 5.11. The van der Waals surface area contributed by atoms with E-state index in [1.807, 2.05) is 0 Å². The van der Waals surface area contributed by atoms with Crippen molar-refractivity contribution in [2.24, 2.45) is 0 Å². The molecule has 130 valence electrons. The van der Waals surface area contributed by atoms with Crippen LogP contribution in [-0.4, -0.2) is 31.1 Å². The minimum absolute atomic E-state index is 0.00251. The number of methoxy groups -OCH3 is 2. The fourth-order valence-corrected chi connectivity index (χ4v) is 2.16. The van der Waals surface area contributed by atoms with Gasteiger partial charge in [0.05, 0.1) is 35.3 Å². The smallest absolute Gasteiger partial charge is 0.338 e. The molecule has 0 unspecified atom stereocenters. The first-order valence-corrected chi connectivity index (χ1v) is 7.17. The minimum atomic E-state index is -0.676. The average Bonchev–Trinajstić information content (AvgIpc) is 2.61. The van der Waals surface area contributed by atoms with Crippen LogP contribution in [0.1, 0.15) is 20.7 Å². The van der Waals surface area contributed by atoms with Gasteiger partial charge in [-0.1, -0.05) is 11.6 Å². The van der Waals surface area contributed by atoms with Gasteiger partial charge in [-0.05, 0) is 24.3 Å². The number of hydrogen-bond donors (Lipinski definition) is 0. The summed E-state index contributed by atoms with van der Waals surface area (Å²) in [5.74, 6) is -1.13. The number of carbonyl (C=O) groups excluding carboxylic acids is 2. The molecule has 0 aliphatic carbocycles. The maximum atomic E-state index is 11.7. The van der Waals surface area contributed by atoms with Gasteiger partial charge in [-0.2, -0.15) is 0 Å². The Morgan fingerprint density at radius 3 is 2.00 bits per heavy atom. The summed E-state index contributed by atoms with van der Waals surface area (Å²) in [6, 6.07) is 7.63. The predicted octanol–water partition coefficient (Wildman–Crippen LogP) is 3.61. The van der Waals surface area contributed by atoms with Crippen molar-refractivity contribution >= 4 is 29.2 Å². The lowest BCUT2D eigenvalue weighted by atomic mass is 10.1. The quantitative estimate of drug-likeness (QED) is 0.452. The molecule has 2 aromatic carbocycles. The lowest BCUT2D eigenvalue weighted by Crippen LogP contribution is -2.07. The normalized spacial score (nSPS) is 10.0. The molecule has 0 saturated heterocycles. The van der Waals surface area contributed by atoms with Gasteiger partial charge in [0.15, 0.2) is 0 Å². The van der Waals surface area contributed by atoms with Crippen LogP contribution in [0.25, 0.3) is 0 Å². The molecule has 0 saturated carbocycles. The number of carbonyl (C=O) groups is 2. The molecule has 0 aliphatic rings. The molecule has 2 aromatic rings. The first kappa shape index (κ1) is 18.2. The highest BCUT2D eigenvalue weighted by Crippen LogP contribution is 2.33. The van der Waals surface area contributed by atoms with E-state index in [1.165, 1.54) is 44.6 Å². The number of hydrogen-bond acceptors (Lipinski definition) is 7. The van der Waals surface area contributed by atoms with E-state index in [-0.39, 0.29) is 33.3 Å². The molecule has 0 radical (unpaired) electrons. The molecule has 0 bridgehead atoms. The topological polar surface area (TPSA) is 105 Å². The Labute approximate surface area is 147 Å². The maximum absolute atomic E-state index is 11.7. The number of nitrogens with zero attached hydrogens (tertiary/aromatic N) is 1. The fraction of sp³-hybridized carbons (Fsp3) is 0.125. The zero-order valence-corrected chi connectivity index (χ0v) is 13.9. The van der Waals surface area contributed by atoms with Gasteiger partial charge in [0, 0.05) is 12.1 Å². The van der Waals surface area contributed by atoms with Gasteiger partial charge in [0.1, 0.15) is 11.5 Å². The van der Waals surface area contributed by atoms with Crippen LogP contribution in [0.15, 0.2) is 36.4 Å². The van der Waals surface area contributed by atoms with Crippen molar-refractivity contribution in [3.05, 3.63) is 62.7 Å². The van der Waals surface area contributed by atoms with Gasteiger partial charge in [-0.15, -0.1) is 0 Å². The third-order valence-corrected chi connectivity index (χ3v) is 3.40. The fourth-order valence-electron chi connectivity index (χ4n) is 1.94. The van der Waals surface area contributed by atoms with Crippen LogP contribution < -0.4 is 4.74 Å². The number of ether oxygens (including phenoxy) is 3. The lowest BCUT2D eigenvalue weighted by Gasteiger charge is -2.10. The van der Waals surface area contributed by atoms with E-state index in [1.54, 1.807) is 0 Å². The number of esters is 2. The molecule has 0 amide bonds. The van der Waals surface area contributed by atoms with Crippen molar-refractivity contribution < 1.29 is 28.7 Å². The molecule has 0 aromatic heterocycles. The number of nitro groups is 1. The molecule has 8 nitrogen and oxygen atoms in total. The molecule has 2 rings (SSSR count). The molecule has 0 heterocycles. The first-order valence-electron chi connectivity index (χ1n) is 6.79. The van der Waals surface area contributed by atoms with E-state index in [4.69, 9.17) is 16.3 Å². The van der Waals surface area contributed by atoms with E-state index >= 15 is 0 Å². The summed E-state index contributed by atoms with van der Waals surface area (Å²) in [7, 11) is 2.39. The van der Waals surface area contributed by atoms with E-state index in [2.05, 4.69) is 9.47 Å². The largest absolute Gasteiger partial charge is 0.465 e. The third-order valence-electron chi connectivity index (χ3n) is 3.10. The molecule has 9 heteroatoms.